The number of aromatic nitrogens is 1. The van der Waals surface area contributed by atoms with Gasteiger partial charge in [-0.25, -0.2) is 4.98 Å². The molecule has 4 heteroatoms. The quantitative estimate of drug-likeness (QED) is 0.792. The smallest absolute Gasteiger partial charge is 0.221 e. The Hall–Kier alpha value is -1.32. The van der Waals surface area contributed by atoms with Crippen LogP contribution in [-0.4, -0.2) is 23.3 Å². The first-order valence-electron chi connectivity index (χ1n) is 7.42. The molecule has 0 N–H and O–H groups in total. The zero-order chi connectivity index (χ0) is 14.8. The van der Waals surface area contributed by atoms with Crippen molar-refractivity contribution < 1.29 is 9.47 Å². The molecule has 21 heavy (non-hydrogen) atoms. The molecule has 1 aliphatic heterocycles. The zero-order valence-corrected chi connectivity index (χ0v) is 13.1. The highest BCUT2D eigenvalue weighted by molar-refractivity contribution is 6.17. The van der Waals surface area contributed by atoms with Gasteiger partial charge in [-0.15, -0.1) is 11.6 Å². The summed E-state index contributed by atoms with van der Waals surface area (Å²) >= 11 is 5.95. The fourth-order valence-electron chi connectivity index (χ4n) is 2.98. The van der Waals surface area contributed by atoms with Crippen LogP contribution in [0.15, 0.2) is 30.3 Å². The van der Waals surface area contributed by atoms with Crippen LogP contribution >= 0.6 is 11.6 Å². The molecule has 2 heterocycles. The number of halogens is 1. The van der Waals surface area contributed by atoms with Crippen LogP contribution in [0.4, 0.5) is 0 Å². The van der Waals surface area contributed by atoms with E-state index >= 15 is 0 Å². The first-order valence-corrected chi connectivity index (χ1v) is 7.96. The summed E-state index contributed by atoms with van der Waals surface area (Å²) in [6, 6.07) is 10.1. The molecule has 112 valence electrons. The number of hydrogen-bond acceptors (Lipinski definition) is 3. The summed E-state index contributed by atoms with van der Waals surface area (Å²) in [4.78, 5) is 4.57. The van der Waals surface area contributed by atoms with Gasteiger partial charge in [0, 0.05) is 18.2 Å². The third kappa shape index (κ3) is 3.30. The summed E-state index contributed by atoms with van der Waals surface area (Å²) in [6.45, 7) is 4.18. The standard InChI is InChI=1S/C17H20ClNO2/c1-11-7-15(8-12(2)20-11)21-17-16-6-4-3-5-13(16)9-14(10-18)19-17/h3-6,9,11-12,15H,7-8,10H2,1-2H3. The van der Waals surface area contributed by atoms with Crippen LogP contribution in [0.2, 0.25) is 0 Å². The number of nitrogens with zero attached hydrogens (tertiary/aromatic N) is 1. The fraction of sp³-hybridized carbons (Fsp3) is 0.471. The molecular weight excluding hydrogens is 286 g/mol. The summed E-state index contributed by atoms with van der Waals surface area (Å²) < 4.78 is 12.0. The highest BCUT2D eigenvalue weighted by Gasteiger charge is 2.26. The van der Waals surface area contributed by atoms with Crippen LogP contribution < -0.4 is 4.74 Å². The first-order chi connectivity index (χ1) is 10.2. The molecule has 3 rings (SSSR count). The van der Waals surface area contributed by atoms with Crippen LogP contribution in [0.25, 0.3) is 10.8 Å². The highest BCUT2D eigenvalue weighted by atomic mass is 35.5. The van der Waals surface area contributed by atoms with Crippen molar-refractivity contribution in [2.45, 2.75) is 50.9 Å². The number of pyridine rings is 1. The van der Waals surface area contributed by atoms with Crippen molar-refractivity contribution in [3.63, 3.8) is 0 Å². The Bertz CT molecular complexity index is 621. The number of rotatable bonds is 3. The van der Waals surface area contributed by atoms with Gasteiger partial charge in [0.15, 0.2) is 0 Å². The normalized spacial score (nSPS) is 26.0. The monoisotopic (exact) mass is 305 g/mol. The molecule has 1 saturated heterocycles. The van der Waals surface area contributed by atoms with Crippen LogP contribution in [0.1, 0.15) is 32.4 Å². The zero-order valence-electron chi connectivity index (χ0n) is 12.4. The summed E-state index contributed by atoms with van der Waals surface area (Å²) in [7, 11) is 0. The van der Waals surface area contributed by atoms with E-state index in [1.165, 1.54) is 0 Å². The lowest BCUT2D eigenvalue weighted by Gasteiger charge is -2.32. The molecule has 0 bridgehead atoms. The van der Waals surface area contributed by atoms with E-state index in [1.807, 2.05) is 24.3 Å². The lowest BCUT2D eigenvalue weighted by molar-refractivity contribution is -0.0726. The number of alkyl halides is 1. The van der Waals surface area contributed by atoms with E-state index in [1.54, 1.807) is 0 Å². The first kappa shape index (κ1) is 14.6. The molecule has 1 aromatic heterocycles. The van der Waals surface area contributed by atoms with Gasteiger partial charge in [-0.2, -0.15) is 0 Å². The minimum absolute atomic E-state index is 0.144. The molecule has 2 atom stereocenters. The predicted octanol–water partition coefficient (Wildman–Crippen LogP) is 4.31. The maximum atomic E-state index is 6.20. The van der Waals surface area contributed by atoms with Crippen molar-refractivity contribution >= 4 is 22.4 Å². The molecule has 1 fully saturated rings. The number of ether oxygens (including phenoxy) is 2. The van der Waals surface area contributed by atoms with E-state index in [0.717, 1.165) is 29.3 Å². The Labute approximate surface area is 130 Å². The van der Waals surface area contributed by atoms with Gasteiger partial charge in [0.05, 0.1) is 23.8 Å². The summed E-state index contributed by atoms with van der Waals surface area (Å²) in [5, 5.41) is 2.16. The highest BCUT2D eigenvalue weighted by Crippen LogP contribution is 2.29. The van der Waals surface area contributed by atoms with Gasteiger partial charge in [-0.1, -0.05) is 18.2 Å². The van der Waals surface area contributed by atoms with Crippen LogP contribution in [0, 0.1) is 0 Å². The van der Waals surface area contributed by atoms with Gasteiger partial charge >= 0.3 is 0 Å². The van der Waals surface area contributed by atoms with Gasteiger partial charge in [0.1, 0.15) is 6.10 Å². The summed E-state index contributed by atoms with van der Waals surface area (Å²) in [6.07, 6.45) is 2.38. The lowest BCUT2D eigenvalue weighted by Crippen LogP contribution is -2.35. The second-order valence-corrected chi connectivity index (χ2v) is 6.01. The largest absolute Gasteiger partial charge is 0.474 e. The van der Waals surface area contributed by atoms with Crippen molar-refractivity contribution in [3.8, 4) is 5.88 Å². The molecule has 2 aromatic rings. The molecular formula is C17H20ClNO2. The molecule has 0 aliphatic carbocycles. The number of hydrogen-bond donors (Lipinski definition) is 0. The van der Waals surface area contributed by atoms with Crippen LogP contribution in [0.5, 0.6) is 5.88 Å². The SMILES string of the molecule is CC1CC(Oc2nc(CCl)cc3ccccc23)CC(C)O1. The predicted molar refractivity (Wildman–Crippen MR) is 85.0 cm³/mol. The minimum Gasteiger partial charge on any atom is -0.474 e. The van der Waals surface area contributed by atoms with Gasteiger partial charge in [-0.3, -0.25) is 0 Å². The van der Waals surface area contributed by atoms with Crippen LogP contribution in [-0.2, 0) is 10.6 Å². The van der Waals surface area contributed by atoms with E-state index in [2.05, 4.69) is 24.9 Å². The van der Waals surface area contributed by atoms with E-state index in [9.17, 15) is 0 Å². The Kier molecular flexibility index (Phi) is 4.32. The maximum absolute atomic E-state index is 6.20. The van der Waals surface area contributed by atoms with Gasteiger partial charge in [-0.05, 0) is 31.4 Å². The second kappa shape index (κ2) is 6.20. The molecule has 0 amide bonds. The van der Waals surface area contributed by atoms with Gasteiger partial charge in [0.25, 0.3) is 0 Å². The van der Waals surface area contributed by atoms with Gasteiger partial charge < -0.3 is 9.47 Å². The fourth-order valence-corrected chi connectivity index (χ4v) is 3.11. The molecule has 3 nitrogen and oxygen atoms in total. The van der Waals surface area contributed by atoms with E-state index < -0.39 is 0 Å². The average molecular weight is 306 g/mol. The Balaban J connectivity index is 1.92. The maximum Gasteiger partial charge on any atom is 0.221 e. The Morgan fingerprint density at radius 2 is 1.95 bits per heavy atom. The van der Waals surface area contributed by atoms with Crippen molar-refractivity contribution in [1.82, 2.24) is 4.98 Å². The third-order valence-corrected chi connectivity index (χ3v) is 4.10. The molecule has 1 aromatic carbocycles. The van der Waals surface area contributed by atoms with E-state index in [0.29, 0.717) is 11.8 Å². The lowest BCUT2D eigenvalue weighted by atomic mass is 10.0. The van der Waals surface area contributed by atoms with E-state index in [4.69, 9.17) is 21.1 Å². The molecule has 1 aliphatic rings. The summed E-state index contributed by atoms with van der Waals surface area (Å²) in [5.41, 5.74) is 0.846. The van der Waals surface area contributed by atoms with Crippen molar-refractivity contribution in [3.05, 3.63) is 36.0 Å². The molecule has 0 saturated carbocycles. The second-order valence-electron chi connectivity index (χ2n) is 5.74. The van der Waals surface area contributed by atoms with Crippen molar-refractivity contribution in [2.24, 2.45) is 0 Å². The number of benzene rings is 1. The Morgan fingerprint density at radius 3 is 2.67 bits per heavy atom. The molecule has 2 unspecified atom stereocenters. The van der Waals surface area contributed by atoms with E-state index in [-0.39, 0.29) is 18.3 Å². The summed E-state index contributed by atoms with van der Waals surface area (Å²) in [5.74, 6) is 1.08. The molecule has 0 spiro atoms. The number of fused-ring (bicyclic) bond motifs is 1. The molecule has 0 radical (unpaired) electrons. The van der Waals surface area contributed by atoms with Crippen molar-refractivity contribution in [2.75, 3.05) is 0 Å². The Morgan fingerprint density at radius 1 is 1.24 bits per heavy atom. The third-order valence-electron chi connectivity index (χ3n) is 3.83. The topological polar surface area (TPSA) is 31.4 Å². The average Bonchev–Trinajstić information content (AvgIpc) is 2.46. The van der Waals surface area contributed by atoms with Gasteiger partial charge in [0.2, 0.25) is 5.88 Å². The van der Waals surface area contributed by atoms with Crippen molar-refractivity contribution in [1.29, 1.82) is 0 Å². The minimum atomic E-state index is 0.144. The van der Waals surface area contributed by atoms with Crippen LogP contribution in [0.3, 0.4) is 0 Å².